The van der Waals surface area contributed by atoms with Crippen molar-refractivity contribution in [3.8, 4) is 17.2 Å². The molecule has 1 aromatic carbocycles. The molecule has 1 aromatic rings. The Bertz CT molecular complexity index is 408. The van der Waals surface area contributed by atoms with E-state index in [9.17, 15) is 4.79 Å². The van der Waals surface area contributed by atoms with Crippen LogP contribution in [0.4, 0.5) is 0 Å². The van der Waals surface area contributed by atoms with Crippen molar-refractivity contribution in [2.45, 2.75) is 13.0 Å². The second-order valence-corrected chi connectivity index (χ2v) is 3.83. The molecular formula is C13H19NO5. The first-order valence-electron chi connectivity index (χ1n) is 5.83. The van der Waals surface area contributed by atoms with Crippen molar-refractivity contribution in [3.05, 3.63) is 17.7 Å². The van der Waals surface area contributed by atoms with Crippen LogP contribution < -0.4 is 19.5 Å². The Labute approximate surface area is 112 Å². The average Bonchev–Trinajstić information content (AvgIpc) is 2.42. The first kappa shape index (κ1) is 15.1. The van der Waals surface area contributed by atoms with E-state index in [1.165, 1.54) is 0 Å². The predicted octanol–water partition coefficient (Wildman–Crippen LogP) is 1.28. The molecule has 1 rings (SSSR count). The monoisotopic (exact) mass is 269 g/mol. The molecule has 0 fully saturated rings. The number of ether oxygens (including phenoxy) is 3. The average molecular weight is 269 g/mol. The molecule has 0 spiro atoms. The fraction of sp³-hybridized carbons (Fsp3) is 0.462. The first-order chi connectivity index (χ1) is 9.12. The molecule has 106 valence electrons. The van der Waals surface area contributed by atoms with Gasteiger partial charge in [0.15, 0.2) is 0 Å². The molecule has 0 unspecified atom stereocenters. The van der Waals surface area contributed by atoms with Gasteiger partial charge >= 0.3 is 5.97 Å². The summed E-state index contributed by atoms with van der Waals surface area (Å²) in [5, 5.41) is 11.6. The molecule has 0 atom stereocenters. The van der Waals surface area contributed by atoms with Crippen molar-refractivity contribution in [3.63, 3.8) is 0 Å². The Morgan fingerprint density at radius 3 is 2.16 bits per heavy atom. The summed E-state index contributed by atoms with van der Waals surface area (Å²) in [6.45, 7) is 0.845. The highest BCUT2D eigenvalue weighted by atomic mass is 16.5. The second kappa shape index (κ2) is 7.48. The lowest BCUT2D eigenvalue weighted by atomic mass is 10.1. The molecule has 0 aliphatic carbocycles. The quantitative estimate of drug-likeness (QED) is 0.692. The predicted molar refractivity (Wildman–Crippen MR) is 70.1 cm³/mol. The molecule has 0 amide bonds. The van der Waals surface area contributed by atoms with Crippen molar-refractivity contribution in [1.29, 1.82) is 0 Å². The van der Waals surface area contributed by atoms with Crippen LogP contribution in [0.2, 0.25) is 0 Å². The lowest BCUT2D eigenvalue weighted by Crippen LogP contribution is -2.18. The summed E-state index contributed by atoms with van der Waals surface area (Å²) < 4.78 is 15.7. The lowest BCUT2D eigenvalue weighted by Gasteiger charge is -2.15. The maximum atomic E-state index is 10.4. The van der Waals surface area contributed by atoms with Crippen LogP contribution in [0.15, 0.2) is 12.1 Å². The molecule has 0 radical (unpaired) electrons. The van der Waals surface area contributed by atoms with Crippen molar-refractivity contribution >= 4 is 5.97 Å². The van der Waals surface area contributed by atoms with Crippen LogP contribution in [0.25, 0.3) is 0 Å². The summed E-state index contributed by atoms with van der Waals surface area (Å²) in [7, 11) is 4.70. The van der Waals surface area contributed by atoms with Gasteiger partial charge in [0.05, 0.1) is 33.3 Å². The van der Waals surface area contributed by atoms with Gasteiger partial charge < -0.3 is 24.6 Å². The molecule has 19 heavy (non-hydrogen) atoms. The highest BCUT2D eigenvalue weighted by Gasteiger charge is 2.12. The third-order valence-corrected chi connectivity index (χ3v) is 2.63. The maximum absolute atomic E-state index is 10.4. The molecular weight excluding hydrogens is 250 g/mol. The number of nitrogens with one attached hydrogen (secondary N) is 1. The fourth-order valence-corrected chi connectivity index (χ4v) is 1.66. The molecule has 0 aliphatic rings. The molecule has 0 saturated heterocycles. The third kappa shape index (κ3) is 4.33. The molecule has 0 bridgehead atoms. The largest absolute Gasteiger partial charge is 0.496 e. The van der Waals surface area contributed by atoms with Gasteiger partial charge in [0.1, 0.15) is 17.2 Å². The number of methoxy groups -OCH3 is 3. The van der Waals surface area contributed by atoms with Gasteiger partial charge in [-0.3, -0.25) is 4.79 Å². The van der Waals surface area contributed by atoms with Crippen molar-refractivity contribution in [2.24, 2.45) is 0 Å². The minimum atomic E-state index is -0.832. The highest BCUT2D eigenvalue weighted by Crippen LogP contribution is 2.33. The Morgan fingerprint density at radius 1 is 1.16 bits per heavy atom. The van der Waals surface area contributed by atoms with Crippen molar-refractivity contribution < 1.29 is 24.1 Å². The highest BCUT2D eigenvalue weighted by molar-refractivity contribution is 5.66. The number of hydrogen-bond donors (Lipinski definition) is 2. The third-order valence-electron chi connectivity index (χ3n) is 2.63. The number of aliphatic carboxylic acids is 1. The van der Waals surface area contributed by atoms with Gasteiger partial charge in [-0.1, -0.05) is 0 Å². The van der Waals surface area contributed by atoms with E-state index < -0.39 is 5.97 Å². The summed E-state index contributed by atoms with van der Waals surface area (Å²) in [5.41, 5.74) is 0.830. The van der Waals surface area contributed by atoms with Crippen molar-refractivity contribution in [1.82, 2.24) is 5.32 Å². The van der Waals surface area contributed by atoms with Crippen LogP contribution in [0, 0.1) is 0 Å². The Hall–Kier alpha value is -1.95. The van der Waals surface area contributed by atoms with Gasteiger partial charge in [-0.2, -0.15) is 0 Å². The van der Waals surface area contributed by atoms with Gasteiger partial charge in [0, 0.05) is 25.2 Å². The molecule has 0 aromatic heterocycles. The molecule has 0 saturated carbocycles. The first-order valence-corrected chi connectivity index (χ1v) is 5.83. The van der Waals surface area contributed by atoms with Crippen LogP contribution in [-0.2, 0) is 11.3 Å². The summed E-state index contributed by atoms with van der Waals surface area (Å²) in [5.74, 6) is 1.09. The van der Waals surface area contributed by atoms with E-state index in [1.54, 1.807) is 33.5 Å². The van der Waals surface area contributed by atoms with E-state index in [4.69, 9.17) is 19.3 Å². The standard InChI is InChI=1S/C13H19NO5/c1-17-9-6-11(18-2)10(12(7-9)19-3)8-14-5-4-13(15)16/h6-7,14H,4-5,8H2,1-3H3,(H,15,16). The van der Waals surface area contributed by atoms with Gasteiger partial charge in [0.2, 0.25) is 0 Å². The molecule has 6 nitrogen and oxygen atoms in total. The summed E-state index contributed by atoms with van der Waals surface area (Å²) in [4.78, 5) is 10.4. The number of hydrogen-bond acceptors (Lipinski definition) is 5. The smallest absolute Gasteiger partial charge is 0.304 e. The minimum Gasteiger partial charge on any atom is -0.496 e. The molecule has 0 heterocycles. The molecule has 6 heteroatoms. The SMILES string of the molecule is COc1cc(OC)c(CNCCC(=O)O)c(OC)c1. The summed E-state index contributed by atoms with van der Waals surface area (Å²) >= 11 is 0. The van der Waals surface area contributed by atoms with Crippen LogP contribution >= 0.6 is 0 Å². The van der Waals surface area contributed by atoms with E-state index in [1.807, 2.05) is 0 Å². The number of carbonyl (C=O) groups is 1. The van der Waals surface area contributed by atoms with Crippen LogP contribution in [0.5, 0.6) is 17.2 Å². The van der Waals surface area contributed by atoms with Crippen LogP contribution in [0.3, 0.4) is 0 Å². The zero-order chi connectivity index (χ0) is 14.3. The topological polar surface area (TPSA) is 77.0 Å². The van der Waals surface area contributed by atoms with Crippen LogP contribution in [0.1, 0.15) is 12.0 Å². The van der Waals surface area contributed by atoms with Gasteiger partial charge in [-0.15, -0.1) is 0 Å². The summed E-state index contributed by atoms with van der Waals surface area (Å²) in [6.07, 6.45) is 0.0702. The number of carboxylic acids is 1. The van der Waals surface area contributed by atoms with Gasteiger partial charge in [0.25, 0.3) is 0 Å². The van der Waals surface area contributed by atoms with E-state index in [0.29, 0.717) is 30.3 Å². The van der Waals surface area contributed by atoms with E-state index in [2.05, 4.69) is 5.32 Å². The van der Waals surface area contributed by atoms with Crippen LogP contribution in [-0.4, -0.2) is 38.9 Å². The Morgan fingerprint density at radius 2 is 1.74 bits per heavy atom. The number of rotatable bonds is 8. The zero-order valence-corrected chi connectivity index (χ0v) is 11.4. The fourth-order valence-electron chi connectivity index (χ4n) is 1.66. The molecule has 0 aliphatic heterocycles. The Balaban J connectivity index is 2.82. The minimum absolute atomic E-state index is 0.0702. The second-order valence-electron chi connectivity index (χ2n) is 3.83. The van der Waals surface area contributed by atoms with E-state index >= 15 is 0 Å². The van der Waals surface area contributed by atoms with E-state index in [-0.39, 0.29) is 6.42 Å². The Kier molecular flexibility index (Phi) is 5.95. The zero-order valence-electron chi connectivity index (χ0n) is 11.4. The van der Waals surface area contributed by atoms with Gasteiger partial charge in [-0.05, 0) is 0 Å². The summed E-state index contributed by atoms with van der Waals surface area (Å²) in [6, 6.07) is 3.52. The maximum Gasteiger partial charge on any atom is 0.304 e. The molecule has 2 N–H and O–H groups in total. The van der Waals surface area contributed by atoms with Gasteiger partial charge in [-0.25, -0.2) is 0 Å². The number of benzene rings is 1. The normalized spacial score (nSPS) is 10.1. The lowest BCUT2D eigenvalue weighted by molar-refractivity contribution is -0.136. The number of carboxylic acid groups (broad SMARTS) is 1. The van der Waals surface area contributed by atoms with Crippen molar-refractivity contribution in [2.75, 3.05) is 27.9 Å². The van der Waals surface area contributed by atoms with E-state index in [0.717, 1.165) is 5.56 Å².